The molecule has 4 rings (SSSR count). The van der Waals surface area contributed by atoms with Crippen LogP contribution in [0.5, 0.6) is 0 Å². The van der Waals surface area contributed by atoms with Crippen molar-refractivity contribution in [2.75, 3.05) is 39.3 Å². The molecule has 1 atom stereocenters. The zero-order valence-corrected chi connectivity index (χ0v) is 16.3. The highest BCUT2D eigenvalue weighted by molar-refractivity contribution is 5.92. The number of nitrogens with zero attached hydrogens (tertiary/aromatic N) is 4. The minimum absolute atomic E-state index is 0.0595. The molecule has 2 fully saturated rings. The lowest BCUT2D eigenvalue weighted by Gasteiger charge is -2.32. The van der Waals surface area contributed by atoms with Gasteiger partial charge in [0.05, 0.1) is 5.69 Å². The van der Waals surface area contributed by atoms with Gasteiger partial charge < -0.3 is 10.2 Å². The van der Waals surface area contributed by atoms with E-state index in [1.165, 1.54) is 0 Å². The van der Waals surface area contributed by atoms with Gasteiger partial charge in [-0.3, -0.25) is 9.69 Å². The van der Waals surface area contributed by atoms with Gasteiger partial charge in [-0.2, -0.15) is 5.10 Å². The molecule has 0 spiro atoms. The molecular formula is C21H29N5O. The van der Waals surface area contributed by atoms with Gasteiger partial charge in [-0.05, 0) is 30.5 Å². The number of rotatable bonds is 4. The van der Waals surface area contributed by atoms with Crippen molar-refractivity contribution in [1.29, 1.82) is 0 Å². The van der Waals surface area contributed by atoms with Crippen LogP contribution in [0, 0.1) is 0 Å². The van der Waals surface area contributed by atoms with Crippen LogP contribution in [-0.2, 0) is 0 Å². The maximum absolute atomic E-state index is 13.1. The number of carbonyl (C=O) groups is 1. The Kier molecular flexibility index (Phi) is 5.27. The summed E-state index contributed by atoms with van der Waals surface area (Å²) in [6, 6.07) is 12.5. The molecule has 2 aliphatic rings. The Morgan fingerprint density at radius 2 is 1.89 bits per heavy atom. The smallest absolute Gasteiger partial charge is 0.274 e. The van der Waals surface area contributed by atoms with Gasteiger partial charge in [0, 0.05) is 51.0 Å². The van der Waals surface area contributed by atoms with Crippen molar-refractivity contribution in [3.63, 3.8) is 0 Å². The summed E-state index contributed by atoms with van der Waals surface area (Å²) in [5.74, 6) is 0.357. The summed E-state index contributed by atoms with van der Waals surface area (Å²) in [6.45, 7) is 10.2. The van der Waals surface area contributed by atoms with E-state index in [1.54, 1.807) is 0 Å². The van der Waals surface area contributed by atoms with Crippen molar-refractivity contribution in [3.8, 4) is 5.69 Å². The number of likely N-dealkylation sites (tertiary alicyclic amines) is 1. The second-order valence-corrected chi connectivity index (χ2v) is 7.84. The molecule has 0 aliphatic carbocycles. The van der Waals surface area contributed by atoms with Crippen LogP contribution in [0.3, 0.4) is 0 Å². The van der Waals surface area contributed by atoms with Gasteiger partial charge in [-0.1, -0.05) is 32.0 Å². The van der Waals surface area contributed by atoms with E-state index >= 15 is 0 Å². The molecular weight excluding hydrogens is 338 g/mol. The van der Waals surface area contributed by atoms with Crippen LogP contribution < -0.4 is 5.32 Å². The summed E-state index contributed by atoms with van der Waals surface area (Å²) in [4.78, 5) is 17.6. The Labute approximate surface area is 161 Å². The van der Waals surface area contributed by atoms with Crippen molar-refractivity contribution >= 4 is 5.91 Å². The van der Waals surface area contributed by atoms with Crippen molar-refractivity contribution in [1.82, 2.24) is 24.9 Å². The highest BCUT2D eigenvalue weighted by atomic mass is 16.2. The van der Waals surface area contributed by atoms with E-state index in [1.807, 2.05) is 46.0 Å². The molecule has 0 radical (unpaired) electrons. The topological polar surface area (TPSA) is 53.4 Å². The number of carbonyl (C=O) groups excluding carboxylic acids is 1. The monoisotopic (exact) mass is 367 g/mol. The fraction of sp³-hybridized carbons (Fsp3) is 0.524. The van der Waals surface area contributed by atoms with Crippen molar-refractivity contribution in [2.45, 2.75) is 32.2 Å². The van der Waals surface area contributed by atoms with Crippen molar-refractivity contribution < 1.29 is 4.79 Å². The molecule has 1 N–H and O–H groups in total. The molecule has 2 aromatic rings. The van der Waals surface area contributed by atoms with E-state index in [4.69, 9.17) is 0 Å². The van der Waals surface area contributed by atoms with Gasteiger partial charge in [-0.25, -0.2) is 4.68 Å². The lowest BCUT2D eigenvalue weighted by atomic mass is 10.1. The van der Waals surface area contributed by atoms with Crippen LogP contribution in [0.2, 0.25) is 0 Å². The predicted octanol–water partition coefficient (Wildman–Crippen LogP) is 2.12. The van der Waals surface area contributed by atoms with Crippen LogP contribution in [0.4, 0.5) is 0 Å². The SMILES string of the molecule is CC(C)c1cc(C(=O)N2CCC(N3CCNCC3)C2)nn1-c1ccccc1. The molecule has 144 valence electrons. The quantitative estimate of drug-likeness (QED) is 0.899. The highest BCUT2D eigenvalue weighted by Gasteiger charge is 2.32. The minimum Gasteiger partial charge on any atom is -0.336 e. The lowest BCUT2D eigenvalue weighted by molar-refractivity contribution is 0.0767. The summed E-state index contributed by atoms with van der Waals surface area (Å²) >= 11 is 0. The first kappa shape index (κ1) is 18.2. The molecule has 1 unspecified atom stereocenters. The summed E-state index contributed by atoms with van der Waals surface area (Å²) in [6.07, 6.45) is 1.06. The van der Waals surface area contributed by atoms with Gasteiger partial charge >= 0.3 is 0 Å². The highest BCUT2D eigenvalue weighted by Crippen LogP contribution is 2.23. The van der Waals surface area contributed by atoms with Gasteiger partial charge in [0.2, 0.25) is 0 Å². The second-order valence-electron chi connectivity index (χ2n) is 7.84. The maximum Gasteiger partial charge on any atom is 0.274 e. The van der Waals surface area contributed by atoms with Crippen LogP contribution in [0.1, 0.15) is 42.4 Å². The average molecular weight is 367 g/mol. The lowest BCUT2D eigenvalue weighted by Crippen LogP contribution is -2.49. The molecule has 27 heavy (non-hydrogen) atoms. The van der Waals surface area contributed by atoms with Gasteiger partial charge in [0.15, 0.2) is 5.69 Å². The molecule has 0 saturated carbocycles. The number of amides is 1. The predicted molar refractivity (Wildman–Crippen MR) is 106 cm³/mol. The van der Waals surface area contributed by atoms with E-state index in [0.29, 0.717) is 17.7 Å². The van der Waals surface area contributed by atoms with Gasteiger partial charge in [-0.15, -0.1) is 0 Å². The third kappa shape index (κ3) is 3.77. The molecule has 1 aromatic carbocycles. The Morgan fingerprint density at radius 1 is 1.15 bits per heavy atom. The van der Waals surface area contributed by atoms with Crippen LogP contribution in [0.25, 0.3) is 5.69 Å². The number of hydrogen-bond acceptors (Lipinski definition) is 4. The molecule has 6 nitrogen and oxygen atoms in total. The summed E-state index contributed by atoms with van der Waals surface area (Å²) in [5.41, 5.74) is 2.63. The third-order valence-corrected chi connectivity index (χ3v) is 5.67. The number of hydrogen-bond donors (Lipinski definition) is 1. The number of nitrogens with one attached hydrogen (secondary N) is 1. The van der Waals surface area contributed by atoms with E-state index < -0.39 is 0 Å². The number of benzene rings is 1. The minimum atomic E-state index is 0.0595. The maximum atomic E-state index is 13.1. The fourth-order valence-corrected chi connectivity index (χ4v) is 4.12. The normalized spacial score (nSPS) is 21.1. The van der Waals surface area contributed by atoms with Crippen molar-refractivity contribution in [3.05, 3.63) is 47.8 Å². The third-order valence-electron chi connectivity index (χ3n) is 5.67. The first-order chi connectivity index (χ1) is 13.1. The van der Waals surface area contributed by atoms with E-state index in [-0.39, 0.29) is 5.91 Å². The van der Waals surface area contributed by atoms with E-state index in [9.17, 15) is 4.79 Å². The number of piperazine rings is 1. The zero-order chi connectivity index (χ0) is 18.8. The molecule has 1 aromatic heterocycles. The standard InChI is InChI=1S/C21H29N5O/c1-16(2)20-14-19(23-26(20)17-6-4-3-5-7-17)21(27)25-11-8-18(15-25)24-12-9-22-10-13-24/h3-7,14,16,18,22H,8-13,15H2,1-2H3. The summed E-state index contributed by atoms with van der Waals surface area (Å²) in [7, 11) is 0. The van der Waals surface area contributed by atoms with E-state index in [2.05, 4.69) is 29.2 Å². The Morgan fingerprint density at radius 3 is 2.59 bits per heavy atom. The summed E-state index contributed by atoms with van der Waals surface area (Å²) in [5, 5.41) is 8.08. The van der Waals surface area contributed by atoms with E-state index in [0.717, 1.165) is 57.1 Å². The Hall–Kier alpha value is -2.18. The average Bonchev–Trinajstić information content (AvgIpc) is 3.37. The first-order valence-corrected chi connectivity index (χ1v) is 10.0. The molecule has 6 heteroatoms. The van der Waals surface area contributed by atoms with Crippen LogP contribution in [0.15, 0.2) is 36.4 Å². The van der Waals surface area contributed by atoms with Crippen LogP contribution in [-0.4, -0.2) is 70.8 Å². The number of aromatic nitrogens is 2. The summed E-state index contributed by atoms with van der Waals surface area (Å²) < 4.78 is 1.92. The molecule has 0 bridgehead atoms. The zero-order valence-electron chi connectivity index (χ0n) is 16.3. The van der Waals surface area contributed by atoms with Crippen LogP contribution >= 0.6 is 0 Å². The number of para-hydroxylation sites is 1. The molecule has 1 amide bonds. The fourth-order valence-electron chi connectivity index (χ4n) is 4.12. The Bertz CT molecular complexity index is 779. The second kappa shape index (κ2) is 7.82. The first-order valence-electron chi connectivity index (χ1n) is 10.0. The van der Waals surface area contributed by atoms with Gasteiger partial charge in [0.1, 0.15) is 0 Å². The molecule has 2 aliphatic heterocycles. The Balaban J connectivity index is 1.52. The van der Waals surface area contributed by atoms with Gasteiger partial charge in [0.25, 0.3) is 5.91 Å². The van der Waals surface area contributed by atoms with Crippen molar-refractivity contribution in [2.24, 2.45) is 0 Å². The molecule has 3 heterocycles. The molecule has 2 saturated heterocycles. The largest absolute Gasteiger partial charge is 0.336 e.